The zero-order valence-electron chi connectivity index (χ0n) is 11.9. The van der Waals surface area contributed by atoms with E-state index in [9.17, 15) is 0 Å². The minimum atomic E-state index is 0.931. The Morgan fingerprint density at radius 2 is 2.06 bits per heavy atom. The number of hydrogen-bond donors (Lipinski definition) is 0. The van der Waals surface area contributed by atoms with E-state index < -0.39 is 0 Å². The van der Waals surface area contributed by atoms with Crippen LogP contribution in [0.1, 0.15) is 64.7 Å². The average Bonchev–Trinajstić information content (AvgIpc) is 2.91. The van der Waals surface area contributed by atoms with Crippen molar-refractivity contribution in [2.45, 2.75) is 71.3 Å². The van der Waals surface area contributed by atoms with Crippen LogP contribution in [0.25, 0.3) is 0 Å². The van der Waals surface area contributed by atoms with Gasteiger partial charge in [0.25, 0.3) is 0 Å². The molecule has 2 nitrogen and oxygen atoms in total. The molecule has 1 aromatic heterocycles. The Hall–Kier alpha value is -0.790. The Bertz CT molecular complexity index is 299. The van der Waals surface area contributed by atoms with E-state index in [2.05, 4.69) is 22.7 Å². The highest BCUT2D eigenvalue weighted by atomic mass is 15.0. The average molecular weight is 248 g/mol. The van der Waals surface area contributed by atoms with Crippen LogP contribution in [-0.4, -0.2) is 9.55 Å². The third-order valence-corrected chi connectivity index (χ3v) is 4.44. The van der Waals surface area contributed by atoms with Crippen molar-refractivity contribution in [3.8, 4) is 0 Å². The summed E-state index contributed by atoms with van der Waals surface area (Å²) in [6, 6.07) is 0. The molecule has 1 atom stereocenters. The molecule has 0 saturated heterocycles. The van der Waals surface area contributed by atoms with Crippen LogP contribution < -0.4 is 0 Å². The first-order valence-corrected chi connectivity index (χ1v) is 7.84. The maximum atomic E-state index is 4.12. The lowest BCUT2D eigenvalue weighted by Crippen LogP contribution is -2.14. The Morgan fingerprint density at radius 3 is 2.72 bits per heavy atom. The van der Waals surface area contributed by atoms with Crippen LogP contribution in [0, 0.1) is 11.8 Å². The topological polar surface area (TPSA) is 17.8 Å². The van der Waals surface area contributed by atoms with Crippen LogP contribution in [0.3, 0.4) is 0 Å². The predicted molar refractivity (Wildman–Crippen MR) is 76.4 cm³/mol. The van der Waals surface area contributed by atoms with E-state index in [-0.39, 0.29) is 0 Å². The molecular weight excluding hydrogens is 220 g/mol. The van der Waals surface area contributed by atoms with E-state index in [1.807, 2.05) is 12.5 Å². The quantitative estimate of drug-likeness (QED) is 0.686. The fourth-order valence-corrected chi connectivity index (χ4v) is 3.43. The predicted octanol–water partition coefficient (Wildman–Crippen LogP) is 4.66. The molecule has 102 valence electrons. The molecular formula is C16H28N2. The first-order valence-electron chi connectivity index (χ1n) is 7.84. The molecule has 1 heterocycles. The van der Waals surface area contributed by atoms with Gasteiger partial charge >= 0.3 is 0 Å². The maximum Gasteiger partial charge on any atom is 0.0945 e. The molecule has 1 aliphatic rings. The molecule has 2 rings (SSSR count). The summed E-state index contributed by atoms with van der Waals surface area (Å²) < 4.78 is 2.23. The van der Waals surface area contributed by atoms with Gasteiger partial charge in [0.1, 0.15) is 0 Å². The highest BCUT2D eigenvalue weighted by Gasteiger charge is 2.18. The van der Waals surface area contributed by atoms with Crippen LogP contribution in [0.4, 0.5) is 0 Å². The van der Waals surface area contributed by atoms with E-state index in [1.54, 1.807) is 0 Å². The summed E-state index contributed by atoms with van der Waals surface area (Å²) in [5.41, 5.74) is 0. The second kappa shape index (κ2) is 7.60. The van der Waals surface area contributed by atoms with Crippen molar-refractivity contribution >= 4 is 0 Å². The van der Waals surface area contributed by atoms with E-state index in [1.165, 1.54) is 57.8 Å². The van der Waals surface area contributed by atoms with E-state index in [0.29, 0.717) is 0 Å². The Labute approximate surface area is 112 Å². The van der Waals surface area contributed by atoms with Crippen LogP contribution in [0.5, 0.6) is 0 Å². The molecule has 1 aromatic rings. The van der Waals surface area contributed by atoms with Gasteiger partial charge in [-0.3, -0.25) is 0 Å². The number of hydrogen-bond acceptors (Lipinski definition) is 1. The number of imidazole rings is 1. The highest BCUT2D eigenvalue weighted by molar-refractivity contribution is 4.76. The first-order chi connectivity index (χ1) is 8.88. The second-order valence-corrected chi connectivity index (χ2v) is 5.98. The fourth-order valence-electron chi connectivity index (χ4n) is 3.43. The molecule has 1 fully saturated rings. The Morgan fingerprint density at radius 1 is 1.22 bits per heavy atom. The molecule has 0 aromatic carbocycles. The molecule has 0 bridgehead atoms. The summed E-state index contributed by atoms with van der Waals surface area (Å²) in [5.74, 6) is 1.96. The molecule has 0 amide bonds. The van der Waals surface area contributed by atoms with Gasteiger partial charge in [-0.05, 0) is 24.7 Å². The molecule has 1 unspecified atom stereocenters. The maximum absolute atomic E-state index is 4.12. The van der Waals surface area contributed by atoms with Gasteiger partial charge in [0.2, 0.25) is 0 Å². The molecule has 1 aliphatic carbocycles. The van der Waals surface area contributed by atoms with E-state index in [4.69, 9.17) is 0 Å². The number of aromatic nitrogens is 2. The smallest absolute Gasteiger partial charge is 0.0945 e. The summed E-state index contributed by atoms with van der Waals surface area (Å²) in [7, 11) is 0. The van der Waals surface area contributed by atoms with Gasteiger partial charge in [0, 0.05) is 18.9 Å². The highest BCUT2D eigenvalue weighted by Crippen LogP contribution is 2.31. The van der Waals surface area contributed by atoms with E-state index >= 15 is 0 Å². The SMILES string of the molecule is CCCC(CCn1ccnc1)CC1CCCCC1. The van der Waals surface area contributed by atoms with Crippen molar-refractivity contribution in [2.75, 3.05) is 0 Å². The van der Waals surface area contributed by atoms with Gasteiger partial charge in [-0.1, -0.05) is 51.9 Å². The summed E-state index contributed by atoms with van der Waals surface area (Å²) >= 11 is 0. The summed E-state index contributed by atoms with van der Waals surface area (Å²) in [5, 5.41) is 0. The molecule has 2 heteroatoms. The lowest BCUT2D eigenvalue weighted by molar-refractivity contribution is 0.262. The monoisotopic (exact) mass is 248 g/mol. The Balaban J connectivity index is 1.75. The molecule has 18 heavy (non-hydrogen) atoms. The van der Waals surface area contributed by atoms with Gasteiger partial charge in [-0.2, -0.15) is 0 Å². The minimum Gasteiger partial charge on any atom is -0.337 e. The minimum absolute atomic E-state index is 0.931. The number of aryl methyl sites for hydroxylation is 1. The number of rotatable bonds is 7. The van der Waals surface area contributed by atoms with Crippen LogP contribution in [0.2, 0.25) is 0 Å². The summed E-state index contributed by atoms with van der Waals surface area (Å²) in [4.78, 5) is 4.12. The largest absolute Gasteiger partial charge is 0.337 e. The fraction of sp³-hybridized carbons (Fsp3) is 0.812. The van der Waals surface area contributed by atoms with Gasteiger partial charge < -0.3 is 4.57 Å². The molecule has 0 spiro atoms. The van der Waals surface area contributed by atoms with Crippen LogP contribution in [0.15, 0.2) is 18.7 Å². The van der Waals surface area contributed by atoms with E-state index in [0.717, 1.165) is 18.4 Å². The van der Waals surface area contributed by atoms with Crippen molar-refractivity contribution in [1.29, 1.82) is 0 Å². The van der Waals surface area contributed by atoms with Crippen molar-refractivity contribution in [3.05, 3.63) is 18.7 Å². The van der Waals surface area contributed by atoms with Crippen LogP contribution in [-0.2, 0) is 6.54 Å². The third-order valence-electron chi connectivity index (χ3n) is 4.44. The lowest BCUT2D eigenvalue weighted by Gasteiger charge is -2.26. The molecule has 0 N–H and O–H groups in total. The zero-order valence-corrected chi connectivity index (χ0v) is 11.9. The van der Waals surface area contributed by atoms with Crippen molar-refractivity contribution in [1.82, 2.24) is 9.55 Å². The third kappa shape index (κ3) is 4.47. The van der Waals surface area contributed by atoms with Gasteiger partial charge in [-0.25, -0.2) is 4.98 Å². The summed E-state index contributed by atoms with van der Waals surface area (Å²) in [6.07, 6.45) is 18.9. The first kappa shape index (κ1) is 13.6. The second-order valence-electron chi connectivity index (χ2n) is 5.98. The number of nitrogens with zero attached hydrogens (tertiary/aromatic N) is 2. The Kier molecular flexibility index (Phi) is 5.76. The molecule has 0 aliphatic heterocycles. The zero-order chi connectivity index (χ0) is 12.6. The lowest BCUT2D eigenvalue weighted by atomic mass is 9.80. The molecule has 1 saturated carbocycles. The summed E-state index contributed by atoms with van der Waals surface area (Å²) in [6.45, 7) is 3.47. The van der Waals surface area contributed by atoms with Crippen molar-refractivity contribution in [2.24, 2.45) is 11.8 Å². The molecule has 0 radical (unpaired) electrons. The van der Waals surface area contributed by atoms with Crippen molar-refractivity contribution < 1.29 is 0 Å². The van der Waals surface area contributed by atoms with Gasteiger partial charge in [0.05, 0.1) is 6.33 Å². The standard InChI is InChI=1S/C16H28N2/c1-2-6-15(9-11-18-12-10-17-14-18)13-16-7-4-3-5-8-16/h10,12,14-16H,2-9,11,13H2,1H3. The van der Waals surface area contributed by atoms with Gasteiger partial charge in [-0.15, -0.1) is 0 Å². The van der Waals surface area contributed by atoms with Crippen LogP contribution >= 0.6 is 0 Å². The van der Waals surface area contributed by atoms with Gasteiger partial charge in [0.15, 0.2) is 0 Å². The normalized spacial score (nSPS) is 18.9. The van der Waals surface area contributed by atoms with Crippen molar-refractivity contribution in [3.63, 3.8) is 0 Å².